The summed E-state index contributed by atoms with van der Waals surface area (Å²) in [5.41, 5.74) is 0.313. The first-order chi connectivity index (χ1) is 10.2. The molecule has 0 saturated carbocycles. The van der Waals surface area contributed by atoms with Crippen molar-refractivity contribution < 1.29 is 13.7 Å². The van der Waals surface area contributed by atoms with Gasteiger partial charge in [0.05, 0.1) is 16.5 Å². The van der Waals surface area contributed by atoms with Crippen LogP contribution in [0.2, 0.25) is 0 Å². The van der Waals surface area contributed by atoms with Crippen molar-refractivity contribution in [1.82, 2.24) is 15.1 Å². The molecule has 0 unspecified atom stereocenters. The Morgan fingerprint density at radius 1 is 1.41 bits per heavy atom. The molecule has 1 aromatic heterocycles. The summed E-state index contributed by atoms with van der Waals surface area (Å²) in [7, 11) is -1.18. The number of hydrogen-bond acceptors (Lipinski definition) is 5. The van der Waals surface area contributed by atoms with E-state index in [1.807, 2.05) is 33.8 Å². The third-order valence-corrected chi connectivity index (χ3v) is 4.79. The molecule has 122 valence electrons. The van der Waals surface area contributed by atoms with E-state index in [1.165, 1.54) is 0 Å². The molecule has 0 aliphatic carbocycles. The van der Waals surface area contributed by atoms with Crippen LogP contribution < -0.4 is 0 Å². The summed E-state index contributed by atoms with van der Waals surface area (Å²) in [6.07, 6.45) is 0.542. The van der Waals surface area contributed by atoms with Gasteiger partial charge in [-0.3, -0.25) is 4.21 Å². The van der Waals surface area contributed by atoms with Gasteiger partial charge >= 0.3 is 6.09 Å². The molecule has 22 heavy (non-hydrogen) atoms. The molecule has 0 N–H and O–H groups in total. The van der Waals surface area contributed by atoms with Gasteiger partial charge in [-0.2, -0.15) is 5.10 Å². The highest BCUT2D eigenvalue weighted by atomic mass is 32.2. The summed E-state index contributed by atoms with van der Waals surface area (Å²) in [5.74, 6) is 0.702. The standard InChI is InChI=1S/C15H23N3O3S/c1-11-5-6-13(17-16-11)22(20)10-12-7-8-18(9-12)14(19)21-15(2,3)4/h5-6,12H,7-10H2,1-4H3/t12-,22-/m1/s1. The van der Waals surface area contributed by atoms with Gasteiger partial charge in [0, 0.05) is 18.8 Å². The van der Waals surface area contributed by atoms with Crippen molar-refractivity contribution in [2.24, 2.45) is 5.92 Å². The zero-order valence-electron chi connectivity index (χ0n) is 13.5. The first-order valence-electron chi connectivity index (χ1n) is 7.41. The van der Waals surface area contributed by atoms with E-state index in [4.69, 9.17) is 4.74 Å². The minimum Gasteiger partial charge on any atom is -0.444 e. The summed E-state index contributed by atoms with van der Waals surface area (Å²) in [6.45, 7) is 8.63. The lowest BCUT2D eigenvalue weighted by Gasteiger charge is -2.24. The molecule has 2 atom stereocenters. The number of nitrogens with zero attached hydrogens (tertiary/aromatic N) is 3. The van der Waals surface area contributed by atoms with E-state index in [0.29, 0.717) is 23.9 Å². The van der Waals surface area contributed by atoms with Crippen molar-refractivity contribution >= 4 is 16.9 Å². The van der Waals surface area contributed by atoms with Crippen LogP contribution in [0.3, 0.4) is 0 Å². The Morgan fingerprint density at radius 2 is 2.14 bits per heavy atom. The predicted octanol–water partition coefficient (Wildman–Crippen LogP) is 2.15. The molecule has 7 heteroatoms. The molecule has 0 spiro atoms. The maximum atomic E-state index is 12.3. The summed E-state index contributed by atoms with van der Waals surface area (Å²) in [4.78, 5) is 13.7. The van der Waals surface area contributed by atoms with Gasteiger partial charge in [-0.1, -0.05) is 0 Å². The Balaban J connectivity index is 1.87. The molecule has 0 radical (unpaired) electrons. The number of rotatable bonds is 3. The average Bonchev–Trinajstić information content (AvgIpc) is 2.86. The zero-order valence-corrected chi connectivity index (χ0v) is 14.4. The van der Waals surface area contributed by atoms with E-state index in [9.17, 15) is 9.00 Å². The summed E-state index contributed by atoms with van der Waals surface area (Å²) in [6, 6.07) is 3.56. The molecule has 2 rings (SSSR count). The van der Waals surface area contributed by atoms with Gasteiger partial charge in [-0.15, -0.1) is 5.10 Å². The lowest BCUT2D eigenvalue weighted by atomic mass is 10.2. The Hall–Kier alpha value is -1.50. The molecule has 1 aliphatic heterocycles. The van der Waals surface area contributed by atoms with E-state index in [0.717, 1.165) is 12.1 Å². The Morgan fingerprint density at radius 3 is 2.73 bits per heavy atom. The van der Waals surface area contributed by atoms with Crippen LogP contribution in [-0.4, -0.2) is 49.8 Å². The molecule has 0 aromatic carbocycles. The number of carbonyl (C=O) groups excluding carboxylic acids is 1. The van der Waals surface area contributed by atoms with Crippen LogP contribution in [0.4, 0.5) is 4.79 Å². The van der Waals surface area contributed by atoms with Gasteiger partial charge in [-0.05, 0) is 52.2 Å². The fraction of sp³-hybridized carbons (Fsp3) is 0.667. The van der Waals surface area contributed by atoms with Crippen LogP contribution in [0.15, 0.2) is 17.2 Å². The van der Waals surface area contributed by atoms with Gasteiger partial charge in [0.15, 0.2) is 0 Å². The number of amides is 1. The lowest BCUT2D eigenvalue weighted by molar-refractivity contribution is 0.0289. The minimum absolute atomic E-state index is 0.205. The number of aromatic nitrogens is 2. The van der Waals surface area contributed by atoms with Crippen LogP contribution in [0.1, 0.15) is 32.9 Å². The SMILES string of the molecule is Cc1ccc([S@](=O)C[C@@H]2CCN(C(=O)OC(C)(C)C)C2)nn1. The van der Waals surface area contributed by atoms with Crippen molar-refractivity contribution in [3.63, 3.8) is 0 Å². The van der Waals surface area contributed by atoms with Crippen LogP contribution in [-0.2, 0) is 15.5 Å². The first kappa shape index (κ1) is 16.9. The number of carbonyl (C=O) groups is 1. The van der Waals surface area contributed by atoms with Crippen molar-refractivity contribution in [2.45, 2.75) is 44.7 Å². The Kier molecular flexibility index (Phi) is 5.16. The summed E-state index contributed by atoms with van der Waals surface area (Å²) in [5, 5.41) is 8.40. The van der Waals surface area contributed by atoms with Gasteiger partial charge < -0.3 is 9.64 Å². The Bertz CT molecular complexity index is 554. The molecule has 1 fully saturated rings. The molecule has 0 bridgehead atoms. The second kappa shape index (κ2) is 6.73. The number of likely N-dealkylation sites (tertiary alicyclic amines) is 1. The summed E-state index contributed by atoms with van der Waals surface area (Å²) < 4.78 is 17.7. The average molecular weight is 325 g/mol. The summed E-state index contributed by atoms with van der Waals surface area (Å²) >= 11 is 0. The van der Waals surface area contributed by atoms with Gasteiger partial charge in [0.1, 0.15) is 10.6 Å². The fourth-order valence-electron chi connectivity index (χ4n) is 2.27. The normalized spacial score (nSPS) is 20.0. The minimum atomic E-state index is -1.18. The number of ether oxygens (including phenoxy) is 1. The first-order valence-corrected chi connectivity index (χ1v) is 8.73. The van der Waals surface area contributed by atoms with Crippen LogP contribution >= 0.6 is 0 Å². The quantitative estimate of drug-likeness (QED) is 0.851. The third kappa shape index (κ3) is 4.76. The van der Waals surface area contributed by atoms with Crippen molar-refractivity contribution in [3.8, 4) is 0 Å². The number of hydrogen-bond donors (Lipinski definition) is 0. The van der Waals surface area contributed by atoms with Crippen molar-refractivity contribution in [2.75, 3.05) is 18.8 Å². The van der Waals surface area contributed by atoms with E-state index in [1.54, 1.807) is 11.0 Å². The molecule has 6 nitrogen and oxygen atoms in total. The Labute approximate surface area is 133 Å². The largest absolute Gasteiger partial charge is 0.444 e. The smallest absolute Gasteiger partial charge is 0.410 e. The molecule has 1 aliphatic rings. The van der Waals surface area contributed by atoms with Gasteiger partial charge in [0.2, 0.25) is 0 Å². The van der Waals surface area contributed by atoms with E-state index in [2.05, 4.69) is 10.2 Å². The van der Waals surface area contributed by atoms with E-state index >= 15 is 0 Å². The van der Waals surface area contributed by atoms with Gasteiger partial charge in [-0.25, -0.2) is 4.79 Å². The zero-order chi connectivity index (χ0) is 16.3. The second-order valence-electron chi connectivity index (χ2n) is 6.61. The topological polar surface area (TPSA) is 72.4 Å². The molecular formula is C15H23N3O3S. The van der Waals surface area contributed by atoms with E-state index < -0.39 is 16.4 Å². The molecule has 1 aromatic rings. The maximum Gasteiger partial charge on any atom is 0.410 e. The van der Waals surface area contributed by atoms with Crippen molar-refractivity contribution in [1.29, 1.82) is 0 Å². The second-order valence-corrected chi connectivity index (χ2v) is 8.05. The monoisotopic (exact) mass is 325 g/mol. The number of aryl methyl sites for hydroxylation is 1. The molecule has 1 saturated heterocycles. The highest BCUT2D eigenvalue weighted by Gasteiger charge is 2.30. The molecule has 2 heterocycles. The van der Waals surface area contributed by atoms with Crippen molar-refractivity contribution in [3.05, 3.63) is 17.8 Å². The van der Waals surface area contributed by atoms with Crippen LogP contribution in [0.25, 0.3) is 0 Å². The van der Waals surface area contributed by atoms with Crippen LogP contribution in [0, 0.1) is 12.8 Å². The van der Waals surface area contributed by atoms with E-state index in [-0.39, 0.29) is 12.0 Å². The van der Waals surface area contributed by atoms with Crippen LogP contribution in [0.5, 0.6) is 0 Å². The fourth-order valence-corrected chi connectivity index (χ4v) is 3.49. The third-order valence-electron chi connectivity index (χ3n) is 3.33. The molecule has 1 amide bonds. The van der Waals surface area contributed by atoms with Gasteiger partial charge in [0.25, 0.3) is 0 Å². The lowest BCUT2D eigenvalue weighted by Crippen LogP contribution is -2.35. The highest BCUT2D eigenvalue weighted by molar-refractivity contribution is 7.84. The molecular weight excluding hydrogens is 302 g/mol. The highest BCUT2D eigenvalue weighted by Crippen LogP contribution is 2.21. The predicted molar refractivity (Wildman–Crippen MR) is 84.0 cm³/mol. The maximum absolute atomic E-state index is 12.3.